The van der Waals surface area contributed by atoms with Crippen LogP contribution in [-0.2, 0) is 27.3 Å². The number of methoxy groups -OCH3 is 1. The molecule has 8 heteroatoms. The number of hydrogen-bond acceptors (Lipinski definition) is 7. The van der Waals surface area contributed by atoms with E-state index in [1.807, 2.05) is 31.9 Å². The molecule has 3 rings (SSSR count). The second-order valence-electron chi connectivity index (χ2n) is 7.51. The standard InChI is InChI=1S/C21H30N4O4/c1-14-19(15(2)29-24-14)11-20(26)25-7-5-17(6-8-25)21-18(12-22-16(3)23-21)13-28-10-9-27-4/h12,17H,5-11,13H2,1-4H3. The van der Waals surface area contributed by atoms with Crippen molar-refractivity contribution in [2.75, 3.05) is 33.4 Å². The van der Waals surface area contributed by atoms with Crippen molar-refractivity contribution in [1.29, 1.82) is 0 Å². The van der Waals surface area contributed by atoms with Gasteiger partial charge in [-0.15, -0.1) is 0 Å². The first kappa shape index (κ1) is 21.4. The van der Waals surface area contributed by atoms with Gasteiger partial charge < -0.3 is 18.9 Å². The van der Waals surface area contributed by atoms with E-state index in [0.717, 1.165) is 60.0 Å². The molecule has 1 aliphatic heterocycles. The van der Waals surface area contributed by atoms with Crippen molar-refractivity contribution in [2.45, 2.75) is 52.6 Å². The number of amides is 1. The Morgan fingerprint density at radius 1 is 1.24 bits per heavy atom. The lowest BCUT2D eigenvalue weighted by Crippen LogP contribution is -2.39. The first-order valence-corrected chi connectivity index (χ1v) is 10.1. The van der Waals surface area contributed by atoms with Crippen LogP contribution in [0.5, 0.6) is 0 Å². The van der Waals surface area contributed by atoms with Gasteiger partial charge in [0.2, 0.25) is 5.91 Å². The van der Waals surface area contributed by atoms with Gasteiger partial charge >= 0.3 is 0 Å². The van der Waals surface area contributed by atoms with Gasteiger partial charge in [0.05, 0.1) is 37.6 Å². The molecule has 2 aromatic heterocycles. The third kappa shape index (κ3) is 5.39. The summed E-state index contributed by atoms with van der Waals surface area (Å²) in [5.74, 6) is 1.92. The highest BCUT2D eigenvalue weighted by Gasteiger charge is 2.27. The molecule has 2 aromatic rings. The van der Waals surface area contributed by atoms with Gasteiger partial charge in [-0.3, -0.25) is 4.79 Å². The second-order valence-corrected chi connectivity index (χ2v) is 7.51. The van der Waals surface area contributed by atoms with Crippen molar-refractivity contribution in [1.82, 2.24) is 20.0 Å². The highest BCUT2D eigenvalue weighted by molar-refractivity contribution is 5.79. The number of aryl methyl sites for hydroxylation is 3. The Morgan fingerprint density at radius 2 is 2.00 bits per heavy atom. The lowest BCUT2D eigenvalue weighted by atomic mass is 9.90. The van der Waals surface area contributed by atoms with Crippen LogP contribution in [0.2, 0.25) is 0 Å². The third-order valence-corrected chi connectivity index (χ3v) is 5.45. The van der Waals surface area contributed by atoms with Crippen molar-refractivity contribution >= 4 is 5.91 Å². The van der Waals surface area contributed by atoms with Crippen molar-refractivity contribution in [3.63, 3.8) is 0 Å². The maximum absolute atomic E-state index is 12.7. The molecule has 0 unspecified atom stereocenters. The van der Waals surface area contributed by atoms with Crippen LogP contribution in [0.25, 0.3) is 0 Å². The van der Waals surface area contributed by atoms with E-state index in [-0.39, 0.29) is 5.91 Å². The zero-order chi connectivity index (χ0) is 20.8. The first-order chi connectivity index (χ1) is 14.0. The van der Waals surface area contributed by atoms with E-state index in [2.05, 4.69) is 10.1 Å². The minimum atomic E-state index is 0.125. The Balaban J connectivity index is 1.60. The number of nitrogens with zero attached hydrogens (tertiary/aromatic N) is 4. The van der Waals surface area contributed by atoms with Crippen LogP contribution in [0, 0.1) is 20.8 Å². The van der Waals surface area contributed by atoms with Gasteiger partial charge in [-0.2, -0.15) is 0 Å². The minimum absolute atomic E-state index is 0.125. The average molecular weight is 402 g/mol. The molecule has 0 spiro atoms. The van der Waals surface area contributed by atoms with Crippen LogP contribution in [0.3, 0.4) is 0 Å². The quantitative estimate of drug-likeness (QED) is 0.627. The zero-order valence-corrected chi connectivity index (χ0v) is 17.7. The molecule has 158 valence electrons. The Morgan fingerprint density at radius 3 is 2.66 bits per heavy atom. The van der Waals surface area contributed by atoms with E-state index in [1.54, 1.807) is 7.11 Å². The fourth-order valence-electron chi connectivity index (χ4n) is 3.72. The van der Waals surface area contributed by atoms with E-state index in [9.17, 15) is 4.79 Å². The van der Waals surface area contributed by atoms with Gasteiger partial charge in [-0.05, 0) is 33.6 Å². The molecule has 1 amide bonds. The Labute approximate surface area is 171 Å². The van der Waals surface area contributed by atoms with Gasteiger partial charge in [0.15, 0.2) is 0 Å². The number of aromatic nitrogens is 3. The predicted molar refractivity (Wildman–Crippen MR) is 107 cm³/mol. The largest absolute Gasteiger partial charge is 0.382 e. The maximum atomic E-state index is 12.7. The molecule has 0 N–H and O–H groups in total. The molecule has 8 nitrogen and oxygen atoms in total. The van der Waals surface area contributed by atoms with Crippen LogP contribution in [0.4, 0.5) is 0 Å². The van der Waals surface area contributed by atoms with Crippen LogP contribution in [0.1, 0.15) is 52.9 Å². The number of piperidine rings is 1. The van der Waals surface area contributed by atoms with E-state index >= 15 is 0 Å². The Hall–Kier alpha value is -2.32. The molecular weight excluding hydrogens is 372 g/mol. The zero-order valence-electron chi connectivity index (χ0n) is 17.7. The maximum Gasteiger partial charge on any atom is 0.227 e. The van der Waals surface area contributed by atoms with Gasteiger partial charge in [-0.25, -0.2) is 9.97 Å². The first-order valence-electron chi connectivity index (χ1n) is 10.1. The number of likely N-dealkylation sites (tertiary alicyclic amines) is 1. The van der Waals surface area contributed by atoms with Gasteiger partial charge in [0.25, 0.3) is 0 Å². The summed E-state index contributed by atoms with van der Waals surface area (Å²) in [7, 11) is 1.66. The number of carbonyl (C=O) groups is 1. The van der Waals surface area contributed by atoms with Crippen molar-refractivity contribution in [2.24, 2.45) is 0 Å². The predicted octanol–water partition coefficient (Wildman–Crippen LogP) is 2.50. The SMILES string of the molecule is COCCOCc1cnc(C)nc1C1CCN(C(=O)Cc2c(C)noc2C)CC1. The highest BCUT2D eigenvalue weighted by atomic mass is 16.5. The molecule has 0 atom stereocenters. The summed E-state index contributed by atoms with van der Waals surface area (Å²) in [6.45, 7) is 8.65. The summed E-state index contributed by atoms with van der Waals surface area (Å²) >= 11 is 0. The fourth-order valence-corrected chi connectivity index (χ4v) is 3.72. The minimum Gasteiger partial charge on any atom is -0.382 e. The highest BCUT2D eigenvalue weighted by Crippen LogP contribution is 2.30. The molecule has 0 aliphatic carbocycles. The second kappa shape index (κ2) is 9.93. The average Bonchev–Trinajstić information content (AvgIpc) is 3.04. The van der Waals surface area contributed by atoms with Gasteiger partial charge in [-0.1, -0.05) is 5.16 Å². The number of rotatable bonds is 8. The Kier molecular flexibility index (Phi) is 7.33. The summed E-state index contributed by atoms with van der Waals surface area (Å²) in [6, 6.07) is 0. The molecule has 0 saturated carbocycles. The summed E-state index contributed by atoms with van der Waals surface area (Å²) in [5, 5.41) is 3.94. The van der Waals surface area contributed by atoms with E-state index in [4.69, 9.17) is 19.0 Å². The molecule has 1 fully saturated rings. The molecule has 1 aliphatic rings. The number of ether oxygens (including phenoxy) is 2. The fraction of sp³-hybridized carbons (Fsp3) is 0.619. The smallest absolute Gasteiger partial charge is 0.227 e. The summed E-state index contributed by atoms with van der Waals surface area (Å²) < 4.78 is 15.9. The van der Waals surface area contributed by atoms with Gasteiger partial charge in [0.1, 0.15) is 11.6 Å². The van der Waals surface area contributed by atoms with E-state index in [1.165, 1.54) is 0 Å². The van der Waals surface area contributed by atoms with E-state index < -0.39 is 0 Å². The van der Waals surface area contributed by atoms with Crippen molar-refractivity contribution < 1.29 is 18.8 Å². The molecule has 0 aromatic carbocycles. The summed E-state index contributed by atoms with van der Waals surface area (Å²) in [4.78, 5) is 23.7. The lowest BCUT2D eigenvalue weighted by Gasteiger charge is -2.32. The molecule has 0 radical (unpaired) electrons. The van der Waals surface area contributed by atoms with Crippen molar-refractivity contribution in [3.05, 3.63) is 40.3 Å². The van der Waals surface area contributed by atoms with Crippen LogP contribution in [-0.4, -0.2) is 59.3 Å². The van der Waals surface area contributed by atoms with E-state index in [0.29, 0.717) is 32.2 Å². The number of carbonyl (C=O) groups excluding carboxylic acids is 1. The molecular formula is C21H30N4O4. The van der Waals surface area contributed by atoms with Gasteiger partial charge in [0, 0.05) is 43.4 Å². The Bertz CT molecular complexity index is 809. The molecule has 0 bridgehead atoms. The lowest BCUT2D eigenvalue weighted by molar-refractivity contribution is -0.131. The van der Waals surface area contributed by atoms with Crippen molar-refractivity contribution in [3.8, 4) is 0 Å². The topological polar surface area (TPSA) is 90.6 Å². The molecule has 29 heavy (non-hydrogen) atoms. The third-order valence-electron chi connectivity index (χ3n) is 5.45. The monoisotopic (exact) mass is 402 g/mol. The number of hydrogen-bond donors (Lipinski definition) is 0. The van der Waals surface area contributed by atoms with Crippen LogP contribution < -0.4 is 0 Å². The summed E-state index contributed by atoms with van der Waals surface area (Å²) in [5.41, 5.74) is 3.76. The van der Waals surface area contributed by atoms with Crippen LogP contribution >= 0.6 is 0 Å². The van der Waals surface area contributed by atoms with Crippen LogP contribution in [0.15, 0.2) is 10.7 Å². The molecule has 1 saturated heterocycles. The normalized spacial score (nSPS) is 15.1. The molecule has 3 heterocycles. The summed E-state index contributed by atoms with van der Waals surface area (Å²) in [6.07, 6.45) is 3.97.